The minimum atomic E-state index is -1.04. The standard InChI is InChI=1S/C11H17N3O3S/c1-2-3-7(12)10(15)13-5-4-9-14-8(6-18-9)11(16)17/h6-7H,2-5,12H2,1H3,(H,13,15)(H,16,17)/t7-/m1/s1. The molecule has 0 spiro atoms. The van der Waals surface area contributed by atoms with E-state index in [4.69, 9.17) is 10.8 Å². The second-order valence-electron chi connectivity index (χ2n) is 3.87. The summed E-state index contributed by atoms with van der Waals surface area (Å²) < 4.78 is 0. The fourth-order valence-electron chi connectivity index (χ4n) is 1.39. The molecule has 0 radical (unpaired) electrons. The van der Waals surface area contributed by atoms with E-state index in [9.17, 15) is 9.59 Å². The van der Waals surface area contributed by atoms with Crippen LogP contribution in [-0.2, 0) is 11.2 Å². The summed E-state index contributed by atoms with van der Waals surface area (Å²) in [4.78, 5) is 26.0. The monoisotopic (exact) mass is 271 g/mol. The number of amides is 1. The van der Waals surface area contributed by atoms with E-state index in [1.54, 1.807) is 0 Å². The third-order valence-corrected chi connectivity index (χ3v) is 3.25. The van der Waals surface area contributed by atoms with E-state index in [2.05, 4.69) is 10.3 Å². The topological polar surface area (TPSA) is 105 Å². The fraction of sp³-hybridized carbons (Fsp3) is 0.545. The first-order chi connectivity index (χ1) is 8.54. The highest BCUT2D eigenvalue weighted by Crippen LogP contribution is 2.09. The smallest absolute Gasteiger partial charge is 0.355 e. The van der Waals surface area contributed by atoms with Gasteiger partial charge in [0, 0.05) is 18.3 Å². The number of hydrogen-bond donors (Lipinski definition) is 3. The van der Waals surface area contributed by atoms with E-state index in [0.29, 0.717) is 24.4 Å². The number of carbonyl (C=O) groups is 2. The van der Waals surface area contributed by atoms with Crippen LogP contribution in [0.5, 0.6) is 0 Å². The summed E-state index contributed by atoms with van der Waals surface area (Å²) in [6.07, 6.45) is 2.04. The molecule has 1 aromatic rings. The zero-order chi connectivity index (χ0) is 13.5. The van der Waals surface area contributed by atoms with Crippen LogP contribution in [0.4, 0.5) is 0 Å². The van der Waals surface area contributed by atoms with Crippen molar-refractivity contribution in [2.45, 2.75) is 32.2 Å². The summed E-state index contributed by atoms with van der Waals surface area (Å²) in [5.41, 5.74) is 5.69. The fourth-order valence-corrected chi connectivity index (χ4v) is 2.16. The van der Waals surface area contributed by atoms with Crippen molar-refractivity contribution in [2.24, 2.45) is 5.73 Å². The summed E-state index contributed by atoms with van der Waals surface area (Å²) in [6.45, 7) is 2.39. The maximum Gasteiger partial charge on any atom is 0.355 e. The second-order valence-corrected chi connectivity index (χ2v) is 4.81. The third-order valence-electron chi connectivity index (χ3n) is 2.35. The average molecular weight is 271 g/mol. The van der Waals surface area contributed by atoms with E-state index < -0.39 is 12.0 Å². The number of rotatable bonds is 7. The minimum Gasteiger partial charge on any atom is -0.476 e. The van der Waals surface area contributed by atoms with Gasteiger partial charge in [-0.05, 0) is 6.42 Å². The Hall–Kier alpha value is -1.47. The second kappa shape index (κ2) is 7.07. The van der Waals surface area contributed by atoms with Crippen LogP contribution in [0.1, 0.15) is 35.3 Å². The van der Waals surface area contributed by atoms with Crippen LogP contribution < -0.4 is 11.1 Å². The van der Waals surface area contributed by atoms with Crippen molar-refractivity contribution in [2.75, 3.05) is 6.54 Å². The Morgan fingerprint density at radius 3 is 2.89 bits per heavy atom. The number of carboxylic acid groups (broad SMARTS) is 1. The van der Waals surface area contributed by atoms with E-state index in [0.717, 1.165) is 6.42 Å². The van der Waals surface area contributed by atoms with E-state index in [1.165, 1.54) is 16.7 Å². The van der Waals surface area contributed by atoms with Crippen LogP contribution in [0.15, 0.2) is 5.38 Å². The molecule has 0 aromatic carbocycles. The summed E-state index contributed by atoms with van der Waals surface area (Å²) in [5.74, 6) is -1.21. The highest BCUT2D eigenvalue weighted by atomic mass is 32.1. The Balaban J connectivity index is 2.32. The number of aromatic carboxylic acids is 1. The van der Waals surface area contributed by atoms with Gasteiger partial charge >= 0.3 is 5.97 Å². The van der Waals surface area contributed by atoms with Crippen molar-refractivity contribution in [1.82, 2.24) is 10.3 Å². The molecule has 0 unspecified atom stereocenters. The van der Waals surface area contributed by atoms with Crippen LogP contribution in [0, 0.1) is 0 Å². The van der Waals surface area contributed by atoms with Crippen molar-refractivity contribution < 1.29 is 14.7 Å². The Bertz CT molecular complexity index is 419. The molecule has 0 aliphatic rings. The van der Waals surface area contributed by atoms with Crippen molar-refractivity contribution in [1.29, 1.82) is 0 Å². The molecule has 7 heteroatoms. The molecule has 6 nitrogen and oxygen atoms in total. The van der Waals surface area contributed by atoms with Gasteiger partial charge in [0.2, 0.25) is 5.91 Å². The molecule has 0 aliphatic heterocycles. The molecule has 1 heterocycles. The summed E-state index contributed by atoms with van der Waals surface area (Å²) in [6, 6.07) is -0.471. The molecule has 18 heavy (non-hydrogen) atoms. The molecule has 1 atom stereocenters. The lowest BCUT2D eigenvalue weighted by Crippen LogP contribution is -2.41. The first-order valence-electron chi connectivity index (χ1n) is 5.75. The lowest BCUT2D eigenvalue weighted by atomic mass is 10.2. The molecule has 0 saturated heterocycles. The van der Waals surface area contributed by atoms with Gasteiger partial charge in [-0.15, -0.1) is 11.3 Å². The summed E-state index contributed by atoms with van der Waals surface area (Å²) in [5, 5.41) is 13.6. The first-order valence-corrected chi connectivity index (χ1v) is 6.63. The molecule has 1 rings (SSSR count). The normalized spacial score (nSPS) is 12.1. The quantitative estimate of drug-likeness (QED) is 0.674. The Kier molecular flexibility index (Phi) is 5.73. The van der Waals surface area contributed by atoms with Crippen molar-refractivity contribution in [3.05, 3.63) is 16.1 Å². The van der Waals surface area contributed by atoms with Gasteiger partial charge in [0.15, 0.2) is 5.69 Å². The number of carboxylic acids is 1. The Labute approximate surface area is 109 Å². The highest BCUT2D eigenvalue weighted by molar-refractivity contribution is 7.09. The van der Waals surface area contributed by atoms with Crippen LogP contribution in [0.3, 0.4) is 0 Å². The first kappa shape index (κ1) is 14.6. The molecule has 0 bridgehead atoms. The average Bonchev–Trinajstić information content (AvgIpc) is 2.78. The predicted molar refractivity (Wildman–Crippen MR) is 68.7 cm³/mol. The number of nitrogens with one attached hydrogen (secondary N) is 1. The van der Waals surface area contributed by atoms with Gasteiger partial charge in [0.05, 0.1) is 11.0 Å². The van der Waals surface area contributed by atoms with Gasteiger partial charge in [-0.1, -0.05) is 13.3 Å². The number of carbonyl (C=O) groups excluding carboxylic acids is 1. The maximum absolute atomic E-state index is 11.5. The molecule has 4 N–H and O–H groups in total. The SMILES string of the molecule is CCC[C@@H](N)C(=O)NCCc1nc(C(=O)O)cs1. The lowest BCUT2D eigenvalue weighted by Gasteiger charge is -2.10. The molecule has 1 amide bonds. The predicted octanol–water partition coefficient (Wildman–Crippen LogP) is 0.627. The largest absolute Gasteiger partial charge is 0.476 e. The highest BCUT2D eigenvalue weighted by Gasteiger charge is 2.12. The van der Waals surface area contributed by atoms with E-state index in [1.807, 2.05) is 6.92 Å². The number of aromatic nitrogens is 1. The number of nitrogens with zero attached hydrogens (tertiary/aromatic N) is 1. The van der Waals surface area contributed by atoms with Gasteiger partial charge in [-0.2, -0.15) is 0 Å². The van der Waals surface area contributed by atoms with Gasteiger partial charge < -0.3 is 16.2 Å². The van der Waals surface area contributed by atoms with Crippen LogP contribution in [0.25, 0.3) is 0 Å². The van der Waals surface area contributed by atoms with E-state index >= 15 is 0 Å². The van der Waals surface area contributed by atoms with E-state index in [-0.39, 0.29) is 11.6 Å². The van der Waals surface area contributed by atoms with Gasteiger partial charge in [-0.3, -0.25) is 4.79 Å². The van der Waals surface area contributed by atoms with Crippen molar-refractivity contribution >= 4 is 23.2 Å². The van der Waals surface area contributed by atoms with Crippen LogP contribution in [0.2, 0.25) is 0 Å². The summed E-state index contributed by atoms with van der Waals surface area (Å²) in [7, 11) is 0. The number of hydrogen-bond acceptors (Lipinski definition) is 5. The zero-order valence-electron chi connectivity index (χ0n) is 10.2. The third kappa shape index (κ3) is 4.42. The zero-order valence-corrected chi connectivity index (χ0v) is 11.0. The molecule has 0 aliphatic carbocycles. The number of nitrogens with two attached hydrogens (primary N) is 1. The molecule has 0 fully saturated rings. The molecular weight excluding hydrogens is 254 g/mol. The summed E-state index contributed by atoms with van der Waals surface area (Å²) >= 11 is 1.27. The van der Waals surface area contributed by atoms with Crippen molar-refractivity contribution in [3.8, 4) is 0 Å². The molecule has 0 saturated carbocycles. The minimum absolute atomic E-state index is 0.0454. The molecule has 100 valence electrons. The maximum atomic E-state index is 11.5. The number of thiazole rings is 1. The van der Waals surface area contributed by atoms with Crippen molar-refractivity contribution in [3.63, 3.8) is 0 Å². The van der Waals surface area contributed by atoms with Crippen LogP contribution in [-0.4, -0.2) is 34.6 Å². The Morgan fingerprint density at radius 1 is 1.61 bits per heavy atom. The molecular formula is C11H17N3O3S. The van der Waals surface area contributed by atoms with Gasteiger partial charge in [-0.25, -0.2) is 9.78 Å². The Morgan fingerprint density at radius 2 is 2.33 bits per heavy atom. The lowest BCUT2D eigenvalue weighted by molar-refractivity contribution is -0.122. The van der Waals surface area contributed by atoms with Gasteiger partial charge in [0.1, 0.15) is 0 Å². The van der Waals surface area contributed by atoms with Gasteiger partial charge in [0.25, 0.3) is 0 Å². The van der Waals surface area contributed by atoms with Crippen LogP contribution >= 0.6 is 11.3 Å². The molecule has 1 aromatic heterocycles.